The lowest BCUT2D eigenvalue weighted by Crippen LogP contribution is -2.16. The smallest absolute Gasteiger partial charge is 0.302 e. The van der Waals surface area contributed by atoms with Crippen LogP contribution in [0.15, 0.2) is 29.2 Å². The Balaban J connectivity index is 2.47. The first-order valence-electron chi connectivity index (χ1n) is 6.26. The van der Waals surface area contributed by atoms with Gasteiger partial charge in [-0.25, -0.2) is 0 Å². The van der Waals surface area contributed by atoms with Crippen molar-refractivity contribution in [2.45, 2.75) is 31.5 Å². The Morgan fingerprint density at radius 2 is 1.89 bits per heavy atom. The van der Waals surface area contributed by atoms with E-state index in [0.29, 0.717) is 6.61 Å². The van der Waals surface area contributed by atoms with E-state index in [2.05, 4.69) is 43.2 Å². The van der Waals surface area contributed by atoms with Gasteiger partial charge >= 0.3 is 5.97 Å². The van der Waals surface area contributed by atoms with E-state index in [-0.39, 0.29) is 5.97 Å². The molecule has 1 aromatic rings. The van der Waals surface area contributed by atoms with Crippen molar-refractivity contribution in [1.29, 1.82) is 0 Å². The van der Waals surface area contributed by atoms with Crippen LogP contribution in [0.3, 0.4) is 0 Å². The molecule has 0 spiro atoms. The van der Waals surface area contributed by atoms with E-state index < -0.39 is 8.07 Å². The molecule has 0 saturated carbocycles. The highest BCUT2D eigenvalue weighted by Crippen LogP contribution is 2.18. The van der Waals surface area contributed by atoms with Crippen LogP contribution >= 0.6 is 11.8 Å². The number of carbonyl (C=O) groups is 1. The van der Waals surface area contributed by atoms with Crippen LogP contribution in [-0.4, -0.2) is 26.4 Å². The molecule has 0 aliphatic carbocycles. The van der Waals surface area contributed by atoms with Crippen LogP contribution in [0, 0.1) is 11.5 Å². The maximum absolute atomic E-state index is 10.6. The van der Waals surface area contributed by atoms with Crippen LogP contribution < -0.4 is 0 Å². The molecule has 2 nitrogen and oxygen atoms in total. The number of esters is 1. The molecule has 0 aromatic heterocycles. The Kier molecular flexibility index (Phi) is 6.20. The normalized spacial score (nSPS) is 10.5. The average molecular weight is 292 g/mol. The van der Waals surface area contributed by atoms with Crippen molar-refractivity contribution in [3.8, 4) is 11.5 Å². The highest BCUT2D eigenvalue weighted by atomic mass is 32.2. The summed E-state index contributed by atoms with van der Waals surface area (Å²) in [6.45, 7) is 8.59. The minimum Gasteiger partial charge on any atom is -0.465 e. The zero-order chi connectivity index (χ0) is 14.3. The topological polar surface area (TPSA) is 26.3 Å². The molecule has 0 saturated heterocycles. The van der Waals surface area contributed by atoms with Gasteiger partial charge in [0.1, 0.15) is 14.7 Å². The van der Waals surface area contributed by atoms with Crippen molar-refractivity contribution in [3.63, 3.8) is 0 Å². The maximum atomic E-state index is 10.6. The highest BCUT2D eigenvalue weighted by Gasteiger charge is 2.07. The summed E-state index contributed by atoms with van der Waals surface area (Å²) >= 11 is 1.68. The first-order valence-corrected chi connectivity index (χ1v) is 10.7. The van der Waals surface area contributed by atoms with E-state index >= 15 is 0 Å². The molecule has 1 aromatic carbocycles. The van der Waals surface area contributed by atoms with Crippen LogP contribution in [-0.2, 0) is 9.53 Å². The summed E-state index contributed by atoms with van der Waals surface area (Å²) < 4.78 is 4.89. The Morgan fingerprint density at radius 1 is 1.26 bits per heavy atom. The lowest BCUT2D eigenvalue weighted by molar-refractivity contribution is -0.140. The van der Waals surface area contributed by atoms with Crippen molar-refractivity contribution >= 4 is 25.8 Å². The van der Waals surface area contributed by atoms with E-state index in [4.69, 9.17) is 4.74 Å². The zero-order valence-electron chi connectivity index (χ0n) is 11.9. The molecular formula is C15H20O2SSi. The molecular weight excluding hydrogens is 272 g/mol. The second-order valence-electron chi connectivity index (χ2n) is 5.21. The van der Waals surface area contributed by atoms with Crippen molar-refractivity contribution < 1.29 is 9.53 Å². The SMILES string of the molecule is CC(=O)OCCSc1ccc(C#C[Si](C)(C)C)cc1. The quantitative estimate of drug-likeness (QED) is 0.279. The van der Waals surface area contributed by atoms with Crippen LogP contribution in [0.5, 0.6) is 0 Å². The molecule has 0 heterocycles. The van der Waals surface area contributed by atoms with Gasteiger partial charge in [-0.05, 0) is 24.3 Å². The van der Waals surface area contributed by atoms with Gasteiger partial charge in [-0.2, -0.15) is 0 Å². The van der Waals surface area contributed by atoms with Gasteiger partial charge in [0.05, 0.1) is 0 Å². The number of rotatable bonds is 4. The lowest BCUT2D eigenvalue weighted by atomic mass is 10.2. The van der Waals surface area contributed by atoms with Crippen LogP contribution in [0.2, 0.25) is 19.6 Å². The van der Waals surface area contributed by atoms with E-state index in [1.807, 2.05) is 12.1 Å². The third kappa shape index (κ3) is 7.76. The lowest BCUT2D eigenvalue weighted by Gasteiger charge is -2.04. The molecule has 19 heavy (non-hydrogen) atoms. The Labute approximate surface area is 120 Å². The second-order valence-corrected chi connectivity index (χ2v) is 11.1. The molecule has 0 fully saturated rings. The number of thioether (sulfide) groups is 1. The molecule has 0 radical (unpaired) electrons. The standard InChI is InChI=1S/C15H20O2SSi/c1-13(16)17-10-11-18-15-7-5-14(6-8-15)9-12-19(2,3)4/h5-8H,10-11H2,1-4H3. The van der Waals surface area contributed by atoms with Gasteiger partial charge in [-0.15, -0.1) is 17.3 Å². The molecule has 4 heteroatoms. The minimum atomic E-state index is -1.31. The summed E-state index contributed by atoms with van der Waals surface area (Å²) in [6, 6.07) is 8.21. The molecule has 1 rings (SSSR count). The molecule has 0 N–H and O–H groups in total. The number of ether oxygens (including phenoxy) is 1. The number of hydrogen-bond donors (Lipinski definition) is 0. The second kappa shape index (κ2) is 7.42. The monoisotopic (exact) mass is 292 g/mol. The van der Waals surface area contributed by atoms with Crippen molar-refractivity contribution in [1.82, 2.24) is 0 Å². The fraction of sp³-hybridized carbons (Fsp3) is 0.400. The van der Waals surface area contributed by atoms with Crippen molar-refractivity contribution in [2.75, 3.05) is 12.4 Å². The van der Waals surface area contributed by atoms with E-state index in [9.17, 15) is 4.79 Å². The molecule has 0 aliphatic heterocycles. The largest absolute Gasteiger partial charge is 0.465 e. The molecule has 0 bridgehead atoms. The Hall–Kier alpha value is -1.18. The van der Waals surface area contributed by atoms with E-state index in [0.717, 1.165) is 11.3 Å². The van der Waals surface area contributed by atoms with Gasteiger partial charge < -0.3 is 4.74 Å². The van der Waals surface area contributed by atoms with Gasteiger partial charge in [0, 0.05) is 23.1 Å². The number of carbonyl (C=O) groups excluding carboxylic acids is 1. The molecule has 0 aliphatic rings. The van der Waals surface area contributed by atoms with Crippen LogP contribution in [0.25, 0.3) is 0 Å². The van der Waals surface area contributed by atoms with Crippen LogP contribution in [0.1, 0.15) is 12.5 Å². The summed E-state index contributed by atoms with van der Waals surface area (Å²) in [7, 11) is -1.31. The van der Waals surface area contributed by atoms with Crippen molar-refractivity contribution in [2.24, 2.45) is 0 Å². The first kappa shape index (κ1) is 15.9. The van der Waals surface area contributed by atoms with Gasteiger partial charge in [0.15, 0.2) is 0 Å². The summed E-state index contributed by atoms with van der Waals surface area (Å²) in [5.74, 6) is 3.78. The summed E-state index contributed by atoms with van der Waals surface area (Å²) in [5.41, 5.74) is 4.41. The summed E-state index contributed by atoms with van der Waals surface area (Å²) in [6.07, 6.45) is 0. The predicted molar refractivity (Wildman–Crippen MR) is 84.0 cm³/mol. The molecule has 102 valence electrons. The fourth-order valence-corrected chi connectivity index (χ4v) is 2.49. The number of hydrogen-bond acceptors (Lipinski definition) is 3. The van der Waals surface area contributed by atoms with Gasteiger partial charge in [-0.3, -0.25) is 4.79 Å². The van der Waals surface area contributed by atoms with E-state index in [1.165, 1.54) is 11.8 Å². The third-order valence-electron chi connectivity index (χ3n) is 2.09. The van der Waals surface area contributed by atoms with Gasteiger partial charge in [-0.1, -0.05) is 25.6 Å². The Morgan fingerprint density at radius 3 is 2.42 bits per heavy atom. The summed E-state index contributed by atoms with van der Waals surface area (Å²) in [4.78, 5) is 11.8. The Bertz CT molecular complexity index is 478. The first-order chi connectivity index (χ1) is 8.87. The summed E-state index contributed by atoms with van der Waals surface area (Å²) in [5, 5.41) is 0. The predicted octanol–water partition coefficient (Wildman–Crippen LogP) is 3.57. The third-order valence-corrected chi connectivity index (χ3v) is 3.94. The van der Waals surface area contributed by atoms with Gasteiger partial charge in [0.2, 0.25) is 0 Å². The van der Waals surface area contributed by atoms with Gasteiger partial charge in [0.25, 0.3) is 0 Å². The van der Waals surface area contributed by atoms with E-state index in [1.54, 1.807) is 11.8 Å². The average Bonchev–Trinajstić information content (AvgIpc) is 2.32. The zero-order valence-corrected chi connectivity index (χ0v) is 13.8. The maximum Gasteiger partial charge on any atom is 0.302 e. The number of benzene rings is 1. The van der Waals surface area contributed by atoms with Crippen LogP contribution in [0.4, 0.5) is 0 Å². The molecule has 0 amide bonds. The van der Waals surface area contributed by atoms with Crippen molar-refractivity contribution in [3.05, 3.63) is 29.8 Å². The fourth-order valence-electron chi connectivity index (χ4n) is 1.24. The highest BCUT2D eigenvalue weighted by molar-refractivity contribution is 7.99. The molecule has 0 unspecified atom stereocenters. The molecule has 0 atom stereocenters. The minimum absolute atomic E-state index is 0.224.